The molecule has 0 saturated heterocycles. The largest absolute Gasteiger partial charge is 0.481 e. The summed E-state index contributed by atoms with van der Waals surface area (Å²) in [4.78, 5) is 33.5. The van der Waals surface area contributed by atoms with E-state index >= 15 is 0 Å². The van der Waals surface area contributed by atoms with Gasteiger partial charge in [-0.05, 0) is 18.1 Å². The van der Waals surface area contributed by atoms with E-state index in [-0.39, 0.29) is 18.8 Å². The summed E-state index contributed by atoms with van der Waals surface area (Å²) < 4.78 is 0. The van der Waals surface area contributed by atoms with Crippen LogP contribution in [0.15, 0.2) is 24.3 Å². The van der Waals surface area contributed by atoms with E-state index in [1.54, 1.807) is 31.2 Å². The summed E-state index contributed by atoms with van der Waals surface area (Å²) in [5.41, 5.74) is 0.387. The third kappa shape index (κ3) is 5.71. The minimum atomic E-state index is -0.981. The van der Waals surface area contributed by atoms with E-state index in [9.17, 15) is 14.4 Å². The number of nitrogens with one attached hydrogen (secondary N) is 2. The third-order valence-electron chi connectivity index (χ3n) is 2.43. The molecule has 0 radical (unpaired) electrons. The second-order valence-electron chi connectivity index (χ2n) is 4.39. The number of aliphatic carboxylic acids is 1. The molecular weight excluding hydrogens is 284 g/mol. The van der Waals surface area contributed by atoms with Crippen molar-refractivity contribution in [3.8, 4) is 0 Å². The van der Waals surface area contributed by atoms with Gasteiger partial charge in [0.05, 0.1) is 10.7 Å². The summed E-state index contributed by atoms with van der Waals surface area (Å²) in [5, 5.41) is 13.5. The fourth-order valence-electron chi connectivity index (χ4n) is 1.58. The Kier molecular flexibility index (Phi) is 5.99. The molecule has 1 aromatic carbocycles. The van der Waals surface area contributed by atoms with Crippen molar-refractivity contribution >= 4 is 35.2 Å². The van der Waals surface area contributed by atoms with Crippen LogP contribution in [-0.2, 0) is 9.59 Å². The number of benzene rings is 1. The third-order valence-corrected chi connectivity index (χ3v) is 2.76. The Morgan fingerprint density at radius 2 is 1.90 bits per heavy atom. The predicted octanol–water partition coefficient (Wildman–Crippen LogP) is 2.49. The molecule has 0 spiro atoms. The molecule has 0 heterocycles. The van der Waals surface area contributed by atoms with Gasteiger partial charge in [-0.3, -0.25) is 14.9 Å². The van der Waals surface area contributed by atoms with Crippen LogP contribution in [0.1, 0.15) is 19.8 Å². The molecule has 0 aliphatic heterocycles. The molecule has 3 amide bonds. The van der Waals surface area contributed by atoms with Crippen molar-refractivity contribution in [2.24, 2.45) is 5.92 Å². The van der Waals surface area contributed by atoms with E-state index in [4.69, 9.17) is 16.7 Å². The van der Waals surface area contributed by atoms with Crippen LogP contribution in [-0.4, -0.2) is 23.0 Å². The second-order valence-corrected chi connectivity index (χ2v) is 4.80. The average molecular weight is 299 g/mol. The molecule has 20 heavy (non-hydrogen) atoms. The Labute approximate surface area is 121 Å². The Bertz CT molecular complexity index is 519. The van der Waals surface area contributed by atoms with Crippen molar-refractivity contribution in [3.05, 3.63) is 29.3 Å². The fourth-order valence-corrected chi connectivity index (χ4v) is 1.76. The van der Waals surface area contributed by atoms with E-state index in [1.165, 1.54) is 0 Å². The first-order valence-corrected chi connectivity index (χ1v) is 6.33. The number of carboxylic acids is 1. The van der Waals surface area contributed by atoms with Crippen molar-refractivity contribution in [2.45, 2.75) is 19.8 Å². The van der Waals surface area contributed by atoms with Gasteiger partial charge < -0.3 is 10.4 Å². The molecule has 0 aromatic heterocycles. The summed E-state index contributed by atoms with van der Waals surface area (Å²) in [6, 6.07) is 5.90. The molecule has 0 fully saturated rings. The van der Waals surface area contributed by atoms with Gasteiger partial charge in [-0.1, -0.05) is 30.7 Å². The number of rotatable bonds is 5. The van der Waals surface area contributed by atoms with Gasteiger partial charge in [-0.15, -0.1) is 0 Å². The van der Waals surface area contributed by atoms with Crippen LogP contribution >= 0.6 is 11.6 Å². The molecule has 1 aromatic rings. The summed E-state index contributed by atoms with van der Waals surface area (Å²) in [5.74, 6) is -1.87. The standard InChI is InChI=1S/C13H15ClN2O4/c1-8(7-12(18)19)6-11(17)16-13(20)15-10-5-3-2-4-9(10)14/h2-5,8H,6-7H2,1H3,(H,18,19)(H2,15,16,17,20). The number of urea groups is 1. The van der Waals surface area contributed by atoms with Gasteiger partial charge in [0.25, 0.3) is 0 Å². The Morgan fingerprint density at radius 1 is 1.25 bits per heavy atom. The van der Waals surface area contributed by atoms with Crippen LogP contribution in [0.2, 0.25) is 5.02 Å². The van der Waals surface area contributed by atoms with Crippen molar-refractivity contribution in [1.29, 1.82) is 0 Å². The van der Waals surface area contributed by atoms with Crippen LogP contribution < -0.4 is 10.6 Å². The Balaban J connectivity index is 2.44. The Morgan fingerprint density at radius 3 is 2.50 bits per heavy atom. The number of anilines is 1. The summed E-state index contributed by atoms with van der Waals surface area (Å²) in [6.07, 6.45) is -0.165. The van der Waals surface area contributed by atoms with Gasteiger partial charge >= 0.3 is 12.0 Å². The lowest BCUT2D eigenvalue weighted by Crippen LogP contribution is -2.35. The highest BCUT2D eigenvalue weighted by Crippen LogP contribution is 2.20. The first-order valence-electron chi connectivity index (χ1n) is 5.95. The van der Waals surface area contributed by atoms with Crippen LogP contribution in [0, 0.1) is 5.92 Å². The summed E-state index contributed by atoms with van der Waals surface area (Å²) in [7, 11) is 0. The molecule has 0 bridgehead atoms. The molecule has 7 heteroatoms. The highest BCUT2D eigenvalue weighted by Gasteiger charge is 2.15. The van der Waals surface area contributed by atoms with E-state index < -0.39 is 17.9 Å². The highest BCUT2D eigenvalue weighted by molar-refractivity contribution is 6.33. The van der Waals surface area contributed by atoms with Crippen molar-refractivity contribution in [1.82, 2.24) is 5.32 Å². The van der Waals surface area contributed by atoms with Crippen LogP contribution in [0.25, 0.3) is 0 Å². The molecule has 1 unspecified atom stereocenters. The van der Waals surface area contributed by atoms with Gasteiger partial charge in [0.15, 0.2) is 0 Å². The average Bonchev–Trinajstić information content (AvgIpc) is 2.30. The number of hydrogen-bond donors (Lipinski definition) is 3. The maximum absolute atomic E-state index is 11.6. The lowest BCUT2D eigenvalue weighted by Gasteiger charge is -2.10. The molecule has 1 atom stereocenters. The molecule has 0 saturated carbocycles. The number of carboxylic acid groups (broad SMARTS) is 1. The maximum atomic E-state index is 11.6. The fraction of sp³-hybridized carbons (Fsp3) is 0.308. The number of amides is 3. The van der Waals surface area contributed by atoms with Gasteiger partial charge in [0.1, 0.15) is 0 Å². The summed E-state index contributed by atoms with van der Waals surface area (Å²) >= 11 is 5.85. The van der Waals surface area contributed by atoms with Crippen molar-refractivity contribution < 1.29 is 19.5 Å². The molecule has 0 aliphatic carbocycles. The van der Waals surface area contributed by atoms with E-state index in [2.05, 4.69) is 10.6 Å². The van der Waals surface area contributed by atoms with Gasteiger partial charge in [-0.2, -0.15) is 0 Å². The number of carbonyl (C=O) groups excluding carboxylic acids is 2. The van der Waals surface area contributed by atoms with E-state index in [1.807, 2.05) is 0 Å². The molecule has 108 valence electrons. The highest BCUT2D eigenvalue weighted by atomic mass is 35.5. The zero-order valence-corrected chi connectivity index (χ0v) is 11.6. The minimum Gasteiger partial charge on any atom is -0.481 e. The topological polar surface area (TPSA) is 95.5 Å². The normalized spacial score (nSPS) is 11.5. The van der Waals surface area contributed by atoms with Gasteiger partial charge in [-0.25, -0.2) is 4.79 Å². The van der Waals surface area contributed by atoms with Crippen LogP contribution in [0.3, 0.4) is 0 Å². The molecule has 0 aliphatic rings. The zero-order chi connectivity index (χ0) is 15.1. The molecule has 1 rings (SSSR count). The smallest absolute Gasteiger partial charge is 0.325 e. The van der Waals surface area contributed by atoms with Crippen molar-refractivity contribution in [2.75, 3.05) is 5.32 Å². The minimum absolute atomic E-state index is 0.0394. The van der Waals surface area contributed by atoms with Gasteiger partial charge in [0.2, 0.25) is 5.91 Å². The zero-order valence-electron chi connectivity index (χ0n) is 10.9. The number of halogens is 1. The SMILES string of the molecule is CC(CC(=O)O)CC(=O)NC(=O)Nc1ccccc1Cl. The van der Waals surface area contributed by atoms with E-state index in [0.29, 0.717) is 10.7 Å². The molecular formula is C13H15ClN2O4. The quantitative estimate of drug-likeness (QED) is 0.778. The van der Waals surface area contributed by atoms with Crippen LogP contribution in [0.5, 0.6) is 0 Å². The predicted molar refractivity (Wildman–Crippen MR) is 74.6 cm³/mol. The number of para-hydroxylation sites is 1. The Hall–Kier alpha value is -2.08. The lowest BCUT2D eigenvalue weighted by atomic mass is 10.0. The van der Waals surface area contributed by atoms with E-state index in [0.717, 1.165) is 0 Å². The van der Waals surface area contributed by atoms with Crippen LogP contribution in [0.4, 0.5) is 10.5 Å². The van der Waals surface area contributed by atoms with Crippen molar-refractivity contribution in [3.63, 3.8) is 0 Å². The lowest BCUT2D eigenvalue weighted by molar-refractivity contribution is -0.138. The monoisotopic (exact) mass is 298 g/mol. The number of carbonyl (C=O) groups is 3. The number of imide groups is 1. The maximum Gasteiger partial charge on any atom is 0.325 e. The molecule has 6 nitrogen and oxygen atoms in total. The number of hydrogen-bond acceptors (Lipinski definition) is 3. The molecule has 3 N–H and O–H groups in total. The first-order chi connectivity index (χ1) is 9.38. The first kappa shape index (κ1) is 16.0. The summed E-state index contributed by atoms with van der Waals surface area (Å²) in [6.45, 7) is 1.62. The second kappa shape index (κ2) is 7.49. The van der Waals surface area contributed by atoms with Gasteiger partial charge in [0, 0.05) is 12.8 Å².